The van der Waals surface area contributed by atoms with Gasteiger partial charge in [-0.15, -0.1) is 0 Å². The van der Waals surface area contributed by atoms with Crippen LogP contribution in [-0.2, 0) is 21.3 Å². The Morgan fingerprint density at radius 1 is 1.19 bits per heavy atom. The van der Waals surface area contributed by atoms with Crippen LogP contribution in [0.25, 0.3) is 6.08 Å². The Bertz CT molecular complexity index is 734. The maximum absolute atomic E-state index is 11.9. The molecule has 21 heavy (non-hydrogen) atoms. The van der Waals surface area contributed by atoms with E-state index in [9.17, 15) is 8.42 Å². The van der Waals surface area contributed by atoms with Crippen molar-refractivity contribution < 1.29 is 17.2 Å². The van der Waals surface area contributed by atoms with Crippen LogP contribution < -0.4 is 4.57 Å². The molecule has 0 aliphatic carbocycles. The molecule has 0 saturated heterocycles. The quantitative estimate of drug-likeness (QED) is 0.629. The monoisotopic (exact) mass is 304 g/mol. The van der Waals surface area contributed by atoms with Crippen molar-refractivity contribution >= 4 is 16.2 Å². The molecule has 0 saturated carbocycles. The predicted molar refractivity (Wildman–Crippen MR) is 81.0 cm³/mol. The molecule has 0 spiro atoms. The number of aryl methyl sites for hydroxylation is 2. The summed E-state index contributed by atoms with van der Waals surface area (Å²) in [6.45, 7) is 1.91. The van der Waals surface area contributed by atoms with E-state index in [2.05, 4.69) is 0 Å². The van der Waals surface area contributed by atoms with Gasteiger partial charge in [-0.1, -0.05) is 29.8 Å². The van der Waals surface area contributed by atoms with Crippen molar-refractivity contribution in [2.45, 2.75) is 11.8 Å². The fraction of sp³-hybridized carbons (Fsp3) is 0.188. The topological polar surface area (TPSA) is 47.3 Å². The zero-order chi connectivity index (χ0) is 15.3. The Morgan fingerprint density at radius 3 is 2.57 bits per heavy atom. The molecule has 0 atom stereocenters. The van der Waals surface area contributed by atoms with E-state index in [0.717, 1.165) is 11.1 Å². The first-order valence-corrected chi connectivity index (χ1v) is 7.96. The average Bonchev–Trinajstić information content (AvgIpc) is 2.44. The first-order chi connectivity index (χ1) is 9.97. The minimum atomic E-state index is -3.70. The number of nitrogens with zero attached hydrogens (tertiary/aromatic N) is 1. The van der Waals surface area contributed by atoms with E-state index in [1.54, 1.807) is 30.3 Å². The lowest BCUT2D eigenvalue weighted by Crippen LogP contribution is -2.26. The number of hydrogen-bond donors (Lipinski definition) is 0. The van der Waals surface area contributed by atoms with Crippen LogP contribution >= 0.6 is 0 Å². The Hall–Kier alpha value is -1.98. The van der Waals surface area contributed by atoms with Gasteiger partial charge in [-0.3, -0.25) is 4.18 Å². The first kappa shape index (κ1) is 15.4. The number of benzene rings is 1. The Labute approximate surface area is 125 Å². The van der Waals surface area contributed by atoms with Gasteiger partial charge in [0.15, 0.2) is 12.4 Å². The zero-order valence-electron chi connectivity index (χ0n) is 12.1. The highest BCUT2D eigenvalue weighted by Gasteiger charge is 2.13. The summed E-state index contributed by atoms with van der Waals surface area (Å²) in [5.41, 5.74) is 1.99. The van der Waals surface area contributed by atoms with Crippen LogP contribution in [0, 0.1) is 6.92 Å². The third-order valence-corrected chi connectivity index (χ3v) is 4.20. The van der Waals surface area contributed by atoms with Crippen LogP contribution in [0.4, 0.5) is 0 Å². The third-order valence-electron chi connectivity index (χ3n) is 2.90. The third kappa shape index (κ3) is 4.51. The lowest BCUT2D eigenvalue weighted by atomic mass is 10.2. The van der Waals surface area contributed by atoms with Gasteiger partial charge in [0, 0.05) is 11.6 Å². The van der Waals surface area contributed by atoms with Gasteiger partial charge in [-0.2, -0.15) is 8.42 Å². The fourth-order valence-corrected chi connectivity index (χ4v) is 2.66. The normalized spacial score (nSPS) is 11.9. The van der Waals surface area contributed by atoms with E-state index in [4.69, 9.17) is 4.18 Å². The molecular formula is C16H18NO3S+. The second-order valence-electron chi connectivity index (χ2n) is 4.76. The van der Waals surface area contributed by atoms with Crippen LogP contribution in [0.1, 0.15) is 11.1 Å². The summed E-state index contributed by atoms with van der Waals surface area (Å²) < 4.78 is 30.8. The fourth-order valence-electron chi connectivity index (χ4n) is 1.80. The van der Waals surface area contributed by atoms with Crippen LogP contribution in [0.3, 0.4) is 0 Å². The largest absolute Gasteiger partial charge is 0.297 e. The van der Waals surface area contributed by atoms with Crippen molar-refractivity contribution in [3.05, 3.63) is 66.0 Å². The van der Waals surface area contributed by atoms with Crippen molar-refractivity contribution in [1.82, 2.24) is 0 Å². The van der Waals surface area contributed by atoms with Gasteiger partial charge in [-0.05, 0) is 25.1 Å². The summed E-state index contributed by atoms with van der Waals surface area (Å²) >= 11 is 0. The molecular weight excluding hydrogens is 286 g/mol. The highest BCUT2D eigenvalue weighted by atomic mass is 32.2. The van der Waals surface area contributed by atoms with Gasteiger partial charge in [-0.25, -0.2) is 4.57 Å². The van der Waals surface area contributed by atoms with Gasteiger partial charge in [0.2, 0.25) is 0 Å². The van der Waals surface area contributed by atoms with E-state index in [1.165, 1.54) is 0 Å². The minimum Gasteiger partial charge on any atom is -0.262 e. The van der Waals surface area contributed by atoms with Crippen molar-refractivity contribution in [1.29, 1.82) is 0 Å². The first-order valence-electron chi connectivity index (χ1n) is 6.55. The molecule has 0 radical (unpaired) electrons. The molecule has 2 rings (SSSR count). The van der Waals surface area contributed by atoms with Crippen LogP contribution in [0.5, 0.6) is 0 Å². The SMILES string of the molecule is Cc1ccc(S(=O)(=O)OCC=Cc2ccc[n+](C)c2)cc1. The van der Waals surface area contributed by atoms with Crippen LogP contribution in [0.2, 0.25) is 0 Å². The molecule has 0 unspecified atom stereocenters. The van der Waals surface area contributed by atoms with Crippen molar-refractivity contribution in [2.24, 2.45) is 7.05 Å². The second kappa shape index (κ2) is 6.65. The molecule has 0 aliphatic heterocycles. The zero-order valence-corrected chi connectivity index (χ0v) is 12.9. The molecule has 0 bridgehead atoms. The molecule has 0 fully saturated rings. The maximum atomic E-state index is 11.9. The Kier molecular flexibility index (Phi) is 4.88. The molecule has 1 heterocycles. The van der Waals surface area contributed by atoms with E-state index in [0.29, 0.717) is 0 Å². The van der Waals surface area contributed by atoms with Gasteiger partial charge in [0.25, 0.3) is 10.1 Å². The van der Waals surface area contributed by atoms with Gasteiger partial charge < -0.3 is 0 Å². The maximum Gasteiger partial charge on any atom is 0.297 e. The second-order valence-corrected chi connectivity index (χ2v) is 6.37. The van der Waals surface area contributed by atoms with Gasteiger partial charge in [0.1, 0.15) is 7.05 Å². The minimum absolute atomic E-state index is 0.00875. The van der Waals surface area contributed by atoms with Crippen LogP contribution in [-0.4, -0.2) is 15.0 Å². The van der Waals surface area contributed by atoms with Crippen LogP contribution in [0.15, 0.2) is 59.8 Å². The summed E-state index contributed by atoms with van der Waals surface area (Å²) in [5.74, 6) is 0. The standard InChI is InChI=1S/C16H18NO3S/c1-14-7-9-16(10-8-14)21(18,19)20-12-4-6-15-5-3-11-17(2)13-15/h3-11,13H,12H2,1-2H3/q+1. The van der Waals surface area contributed by atoms with Crippen molar-refractivity contribution in [3.8, 4) is 0 Å². The predicted octanol–water partition coefficient (Wildman–Crippen LogP) is 2.24. The Morgan fingerprint density at radius 2 is 1.90 bits per heavy atom. The summed E-state index contributed by atoms with van der Waals surface area (Å²) in [4.78, 5) is 0.174. The smallest absolute Gasteiger partial charge is 0.262 e. The Balaban J connectivity index is 1.97. The van der Waals surface area contributed by atoms with Gasteiger partial charge in [0.05, 0.1) is 11.5 Å². The molecule has 1 aromatic carbocycles. The number of aromatic nitrogens is 1. The van der Waals surface area contributed by atoms with Gasteiger partial charge >= 0.3 is 0 Å². The average molecular weight is 304 g/mol. The lowest BCUT2D eigenvalue weighted by molar-refractivity contribution is -0.671. The summed E-state index contributed by atoms with van der Waals surface area (Å²) in [7, 11) is -1.77. The van der Waals surface area contributed by atoms with E-state index < -0.39 is 10.1 Å². The van der Waals surface area contributed by atoms with Crippen molar-refractivity contribution in [2.75, 3.05) is 6.61 Å². The van der Waals surface area contributed by atoms with E-state index in [-0.39, 0.29) is 11.5 Å². The molecule has 0 amide bonds. The molecule has 110 valence electrons. The number of rotatable bonds is 5. The van der Waals surface area contributed by atoms with E-state index in [1.807, 2.05) is 49.1 Å². The highest BCUT2D eigenvalue weighted by Crippen LogP contribution is 2.13. The molecule has 0 N–H and O–H groups in total. The molecule has 5 heteroatoms. The highest BCUT2D eigenvalue weighted by molar-refractivity contribution is 7.86. The number of pyridine rings is 1. The number of hydrogen-bond acceptors (Lipinski definition) is 3. The lowest BCUT2D eigenvalue weighted by Gasteiger charge is -2.03. The summed E-state index contributed by atoms with van der Waals surface area (Å²) in [6, 6.07) is 10.4. The molecule has 2 aromatic rings. The molecule has 4 nitrogen and oxygen atoms in total. The van der Waals surface area contributed by atoms with Crippen molar-refractivity contribution in [3.63, 3.8) is 0 Å². The van der Waals surface area contributed by atoms with E-state index >= 15 is 0 Å². The summed E-state index contributed by atoms with van der Waals surface area (Å²) in [6.07, 6.45) is 7.37. The molecule has 0 aliphatic rings. The molecule has 1 aromatic heterocycles. The summed E-state index contributed by atoms with van der Waals surface area (Å²) in [5, 5.41) is 0.